The van der Waals surface area contributed by atoms with Crippen LogP contribution in [-0.4, -0.2) is 80.7 Å². The molecule has 0 aliphatic carbocycles. The lowest BCUT2D eigenvalue weighted by Crippen LogP contribution is -2.44. The molecule has 0 radical (unpaired) electrons. The fourth-order valence-electron chi connectivity index (χ4n) is 3.12. The number of hydrogen-bond acceptors (Lipinski definition) is 4. The quantitative estimate of drug-likeness (QED) is 0.495. The van der Waals surface area contributed by atoms with Gasteiger partial charge in [-0.05, 0) is 38.5 Å². The lowest BCUT2D eigenvalue weighted by Gasteiger charge is -2.26. The van der Waals surface area contributed by atoms with E-state index >= 15 is 0 Å². The van der Waals surface area contributed by atoms with Crippen LogP contribution in [-0.2, 0) is 11.3 Å². The number of carbonyl (C=O) groups is 1. The van der Waals surface area contributed by atoms with Crippen molar-refractivity contribution in [3.8, 4) is 0 Å². The molecule has 2 rings (SSSR count). The zero-order valence-electron chi connectivity index (χ0n) is 17.5. The third kappa shape index (κ3) is 7.13. The summed E-state index contributed by atoms with van der Waals surface area (Å²) in [6.07, 6.45) is 0. The number of hydrogen-bond donors (Lipinski definition) is 2. The van der Waals surface area contributed by atoms with Crippen molar-refractivity contribution >= 4 is 11.9 Å². The number of carbonyl (C=O) groups excluding carboxylic acids is 1. The third-order valence-electron chi connectivity index (χ3n) is 4.84. The van der Waals surface area contributed by atoms with Crippen LogP contribution in [0.15, 0.2) is 29.3 Å². The Bertz CT molecular complexity index is 608. The number of amides is 1. The maximum Gasteiger partial charge on any atom is 0.253 e. The van der Waals surface area contributed by atoms with Gasteiger partial charge < -0.3 is 20.3 Å². The zero-order chi connectivity index (χ0) is 20.2. The average molecular weight is 390 g/mol. The molecule has 1 aromatic rings. The molecule has 1 aliphatic heterocycles. The minimum atomic E-state index is 0.0816. The molecule has 0 aromatic heterocycles. The van der Waals surface area contributed by atoms with Gasteiger partial charge in [-0.2, -0.15) is 0 Å². The lowest BCUT2D eigenvalue weighted by molar-refractivity contribution is 0.0389. The van der Waals surface area contributed by atoms with Gasteiger partial charge >= 0.3 is 0 Å². The zero-order valence-corrected chi connectivity index (χ0v) is 17.5. The Hall–Kier alpha value is -2.12. The van der Waals surface area contributed by atoms with E-state index in [9.17, 15) is 4.79 Å². The van der Waals surface area contributed by atoms with Crippen LogP contribution in [0.4, 0.5) is 0 Å². The first kappa shape index (κ1) is 22.2. The van der Waals surface area contributed by atoms with E-state index in [1.807, 2.05) is 43.0 Å². The van der Waals surface area contributed by atoms with Crippen molar-refractivity contribution in [2.75, 3.05) is 59.0 Å². The number of nitrogens with zero attached hydrogens (tertiary/aromatic N) is 3. The fraction of sp³-hybridized carbons (Fsp3) is 0.619. The van der Waals surface area contributed by atoms with Crippen molar-refractivity contribution in [3.05, 3.63) is 35.4 Å². The number of morpholine rings is 1. The van der Waals surface area contributed by atoms with E-state index in [1.165, 1.54) is 0 Å². The molecule has 7 nitrogen and oxygen atoms in total. The second-order valence-electron chi connectivity index (χ2n) is 6.75. The number of guanidine groups is 1. The molecular weight excluding hydrogens is 354 g/mol. The molecule has 1 heterocycles. The van der Waals surface area contributed by atoms with Crippen LogP contribution in [0.3, 0.4) is 0 Å². The van der Waals surface area contributed by atoms with Gasteiger partial charge in [-0.25, -0.2) is 4.99 Å². The van der Waals surface area contributed by atoms with Crippen molar-refractivity contribution in [2.24, 2.45) is 4.99 Å². The minimum absolute atomic E-state index is 0.0816. The summed E-state index contributed by atoms with van der Waals surface area (Å²) in [5.74, 6) is 0.900. The summed E-state index contributed by atoms with van der Waals surface area (Å²) < 4.78 is 5.38. The summed E-state index contributed by atoms with van der Waals surface area (Å²) in [6, 6.07) is 7.75. The van der Waals surface area contributed by atoms with Crippen LogP contribution in [0.25, 0.3) is 0 Å². The highest BCUT2D eigenvalue weighted by Crippen LogP contribution is 2.09. The summed E-state index contributed by atoms with van der Waals surface area (Å²) in [4.78, 5) is 21.3. The monoisotopic (exact) mass is 389 g/mol. The van der Waals surface area contributed by atoms with E-state index in [-0.39, 0.29) is 5.91 Å². The minimum Gasteiger partial charge on any atom is -0.379 e. The van der Waals surface area contributed by atoms with Crippen molar-refractivity contribution in [1.29, 1.82) is 0 Å². The number of nitrogens with one attached hydrogen (secondary N) is 2. The fourth-order valence-corrected chi connectivity index (χ4v) is 3.12. The number of benzene rings is 1. The maximum atomic E-state index is 12.4. The van der Waals surface area contributed by atoms with Crippen LogP contribution in [0.5, 0.6) is 0 Å². The first-order chi connectivity index (χ1) is 13.7. The van der Waals surface area contributed by atoms with Crippen molar-refractivity contribution in [2.45, 2.75) is 27.3 Å². The summed E-state index contributed by atoms with van der Waals surface area (Å²) in [5.41, 5.74) is 1.81. The Kier molecular flexibility index (Phi) is 9.79. The number of aliphatic imine (C=N–C) groups is 1. The number of ether oxygens (including phenoxy) is 1. The Labute approximate surface area is 169 Å². The molecule has 0 atom stereocenters. The molecule has 0 bridgehead atoms. The summed E-state index contributed by atoms with van der Waals surface area (Å²) in [6.45, 7) is 14.4. The molecule has 0 saturated carbocycles. The van der Waals surface area contributed by atoms with E-state index in [4.69, 9.17) is 4.74 Å². The van der Waals surface area contributed by atoms with Crippen molar-refractivity contribution in [1.82, 2.24) is 20.4 Å². The highest BCUT2D eigenvalue weighted by molar-refractivity contribution is 5.94. The molecule has 0 spiro atoms. The molecule has 1 aliphatic rings. The van der Waals surface area contributed by atoms with E-state index in [2.05, 4.69) is 27.4 Å². The molecular formula is C21H35N5O2. The van der Waals surface area contributed by atoms with E-state index in [0.29, 0.717) is 6.54 Å². The Morgan fingerprint density at radius 2 is 1.79 bits per heavy atom. The summed E-state index contributed by atoms with van der Waals surface area (Å²) in [5, 5.41) is 6.68. The SMILES string of the molecule is CCNC(=NCc1ccc(C(=O)N(CC)CC)cc1)NCCN1CCOCC1. The van der Waals surface area contributed by atoms with Crippen LogP contribution >= 0.6 is 0 Å². The van der Waals surface area contributed by atoms with Gasteiger partial charge in [0.2, 0.25) is 0 Å². The van der Waals surface area contributed by atoms with E-state index in [0.717, 1.165) is 76.1 Å². The molecule has 7 heteroatoms. The first-order valence-electron chi connectivity index (χ1n) is 10.4. The molecule has 2 N–H and O–H groups in total. The third-order valence-corrected chi connectivity index (χ3v) is 4.84. The van der Waals surface area contributed by atoms with Gasteiger partial charge in [0.15, 0.2) is 5.96 Å². The Balaban J connectivity index is 1.86. The second-order valence-corrected chi connectivity index (χ2v) is 6.75. The van der Waals surface area contributed by atoms with Crippen molar-refractivity contribution < 1.29 is 9.53 Å². The van der Waals surface area contributed by atoms with Crippen LogP contribution in [0.2, 0.25) is 0 Å². The summed E-state index contributed by atoms with van der Waals surface area (Å²) in [7, 11) is 0. The van der Waals surface area contributed by atoms with E-state index in [1.54, 1.807) is 0 Å². The van der Waals surface area contributed by atoms with Gasteiger partial charge in [0, 0.05) is 51.4 Å². The lowest BCUT2D eigenvalue weighted by atomic mass is 10.1. The van der Waals surface area contributed by atoms with Crippen molar-refractivity contribution in [3.63, 3.8) is 0 Å². The van der Waals surface area contributed by atoms with E-state index < -0.39 is 0 Å². The second kappa shape index (κ2) is 12.4. The number of rotatable bonds is 9. The smallest absolute Gasteiger partial charge is 0.253 e. The van der Waals surface area contributed by atoms with Gasteiger partial charge in [-0.15, -0.1) is 0 Å². The van der Waals surface area contributed by atoms with Crippen LogP contribution in [0.1, 0.15) is 36.7 Å². The Morgan fingerprint density at radius 1 is 1.11 bits per heavy atom. The first-order valence-corrected chi connectivity index (χ1v) is 10.4. The van der Waals surface area contributed by atoms with Gasteiger partial charge in [-0.3, -0.25) is 9.69 Å². The molecule has 28 heavy (non-hydrogen) atoms. The predicted octanol–water partition coefficient (Wildman–Crippen LogP) is 1.56. The molecule has 1 fully saturated rings. The highest BCUT2D eigenvalue weighted by atomic mass is 16.5. The normalized spacial score (nSPS) is 15.3. The van der Waals surface area contributed by atoms with Crippen LogP contribution in [0, 0.1) is 0 Å². The average Bonchev–Trinajstić information content (AvgIpc) is 2.74. The maximum absolute atomic E-state index is 12.4. The van der Waals surface area contributed by atoms with Gasteiger partial charge in [-0.1, -0.05) is 12.1 Å². The molecule has 1 amide bonds. The molecule has 1 aromatic carbocycles. The predicted molar refractivity (Wildman–Crippen MR) is 114 cm³/mol. The highest BCUT2D eigenvalue weighted by Gasteiger charge is 2.12. The van der Waals surface area contributed by atoms with Crippen LogP contribution < -0.4 is 10.6 Å². The van der Waals surface area contributed by atoms with Gasteiger partial charge in [0.05, 0.1) is 19.8 Å². The van der Waals surface area contributed by atoms with Gasteiger partial charge in [0.25, 0.3) is 5.91 Å². The summed E-state index contributed by atoms with van der Waals surface area (Å²) >= 11 is 0. The standard InChI is InChI=1S/C21H35N5O2/c1-4-22-21(23-11-12-25-13-15-28-16-14-25)24-17-18-7-9-19(10-8-18)20(27)26(5-2)6-3/h7-10H,4-6,11-17H2,1-3H3,(H2,22,23,24). The topological polar surface area (TPSA) is 69.2 Å². The Morgan fingerprint density at radius 3 is 2.39 bits per heavy atom. The van der Waals surface area contributed by atoms with Gasteiger partial charge in [0.1, 0.15) is 0 Å². The largest absolute Gasteiger partial charge is 0.379 e. The molecule has 156 valence electrons. The molecule has 1 saturated heterocycles. The molecule has 0 unspecified atom stereocenters.